The van der Waals surface area contributed by atoms with Crippen LogP contribution in [0.5, 0.6) is 0 Å². The average molecular weight is 475 g/mol. The van der Waals surface area contributed by atoms with Gasteiger partial charge in [-0.3, -0.25) is 9.67 Å². The molecule has 2 fully saturated rings. The summed E-state index contributed by atoms with van der Waals surface area (Å²) in [6, 6.07) is 0. The predicted molar refractivity (Wildman–Crippen MR) is 116 cm³/mol. The predicted octanol–water partition coefficient (Wildman–Crippen LogP) is 3.20. The summed E-state index contributed by atoms with van der Waals surface area (Å²) in [5, 5.41) is 7.88. The molecule has 2 aliphatic rings. The summed E-state index contributed by atoms with van der Waals surface area (Å²) in [5.74, 6) is 2.75. The zero-order valence-electron chi connectivity index (χ0n) is 16.4. The number of ether oxygens (including phenoxy) is 1. The van der Waals surface area contributed by atoms with Crippen LogP contribution in [-0.2, 0) is 11.8 Å². The van der Waals surface area contributed by atoms with E-state index < -0.39 is 0 Å². The smallest absolute Gasteiger partial charge is 0.193 e. The summed E-state index contributed by atoms with van der Waals surface area (Å²) in [6.07, 6.45) is 10.8. The molecule has 1 aliphatic heterocycles. The summed E-state index contributed by atoms with van der Waals surface area (Å²) in [7, 11) is 3.82. The number of aliphatic imine (C=N–C) groups is 1. The first-order valence-corrected chi connectivity index (χ1v) is 9.75. The van der Waals surface area contributed by atoms with Crippen LogP contribution in [0.15, 0.2) is 17.4 Å². The van der Waals surface area contributed by atoms with Gasteiger partial charge in [-0.2, -0.15) is 5.10 Å². The van der Waals surface area contributed by atoms with Gasteiger partial charge in [0.1, 0.15) is 6.10 Å². The third kappa shape index (κ3) is 5.58. The molecule has 0 bridgehead atoms. The minimum atomic E-state index is 0. The second-order valence-corrected chi connectivity index (χ2v) is 7.48. The monoisotopic (exact) mass is 475 g/mol. The van der Waals surface area contributed by atoms with Crippen LogP contribution in [0.3, 0.4) is 0 Å². The van der Waals surface area contributed by atoms with E-state index in [4.69, 9.17) is 4.74 Å². The Morgan fingerprint density at radius 1 is 1.31 bits per heavy atom. The number of halogens is 1. The lowest BCUT2D eigenvalue weighted by Gasteiger charge is -2.36. The Balaban J connectivity index is 0.00000243. The molecular weight excluding hydrogens is 441 g/mol. The molecule has 1 aliphatic carbocycles. The zero-order valence-corrected chi connectivity index (χ0v) is 18.7. The third-order valence-electron chi connectivity index (χ3n) is 5.77. The lowest BCUT2D eigenvalue weighted by molar-refractivity contribution is -0.00811. The van der Waals surface area contributed by atoms with Gasteiger partial charge in [-0.15, -0.1) is 24.0 Å². The van der Waals surface area contributed by atoms with Crippen LogP contribution in [-0.4, -0.2) is 53.9 Å². The number of rotatable bonds is 4. The highest BCUT2D eigenvalue weighted by atomic mass is 127. The van der Waals surface area contributed by atoms with Crippen molar-refractivity contribution < 1.29 is 4.74 Å². The lowest BCUT2D eigenvalue weighted by atomic mass is 9.81. The van der Waals surface area contributed by atoms with Gasteiger partial charge in [-0.25, -0.2) is 0 Å². The van der Waals surface area contributed by atoms with Gasteiger partial charge in [0.05, 0.1) is 19.3 Å². The summed E-state index contributed by atoms with van der Waals surface area (Å²) in [4.78, 5) is 6.83. The fourth-order valence-electron chi connectivity index (χ4n) is 4.06. The lowest BCUT2D eigenvalue weighted by Crippen LogP contribution is -2.49. The molecule has 1 aromatic heterocycles. The van der Waals surface area contributed by atoms with Gasteiger partial charge in [0, 0.05) is 38.9 Å². The number of guanidine groups is 1. The Morgan fingerprint density at radius 3 is 2.65 bits per heavy atom. The number of hydrogen-bond donors (Lipinski definition) is 1. The Kier molecular flexibility index (Phi) is 8.66. The fraction of sp³-hybridized carbons (Fsp3) is 0.789. The molecule has 1 saturated heterocycles. The summed E-state index contributed by atoms with van der Waals surface area (Å²) in [5.41, 5.74) is 1.14. The Labute approximate surface area is 174 Å². The standard InChI is InChI=1S/C19H33N5O.HI/c1-4-15-5-7-16(8-6-15)11-21-19(20-2)24-9-10-25-18(14-24)17-12-22-23(3)13-17;/h12-13,15-16,18H,4-11,14H2,1-3H3,(H,20,21);1H. The van der Waals surface area contributed by atoms with E-state index in [0.717, 1.165) is 49.6 Å². The van der Waals surface area contributed by atoms with E-state index in [9.17, 15) is 0 Å². The van der Waals surface area contributed by atoms with Crippen LogP contribution in [0, 0.1) is 11.8 Å². The molecular formula is C19H34IN5O. The van der Waals surface area contributed by atoms with Crippen LogP contribution >= 0.6 is 24.0 Å². The molecule has 7 heteroatoms. The topological polar surface area (TPSA) is 54.7 Å². The van der Waals surface area contributed by atoms with Crippen LogP contribution in [0.2, 0.25) is 0 Å². The van der Waals surface area contributed by atoms with Crippen molar-refractivity contribution in [3.05, 3.63) is 18.0 Å². The molecule has 1 unspecified atom stereocenters. The number of morpholine rings is 1. The average Bonchev–Trinajstić information content (AvgIpc) is 3.09. The first-order chi connectivity index (χ1) is 12.2. The van der Waals surface area contributed by atoms with Gasteiger partial charge < -0.3 is 15.0 Å². The summed E-state index contributed by atoms with van der Waals surface area (Å²) < 4.78 is 7.77. The van der Waals surface area contributed by atoms with Crippen LogP contribution in [0.25, 0.3) is 0 Å². The van der Waals surface area contributed by atoms with Gasteiger partial charge in [0.2, 0.25) is 0 Å². The van der Waals surface area contributed by atoms with Crippen molar-refractivity contribution in [1.29, 1.82) is 0 Å². The molecule has 26 heavy (non-hydrogen) atoms. The van der Waals surface area contributed by atoms with Crippen molar-refractivity contribution in [3.63, 3.8) is 0 Å². The first-order valence-electron chi connectivity index (χ1n) is 9.75. The molecule has 0 radical (unpaired) electrons. The minimum absolute atomic E-state index is 0. The van der Waals surface area contributed by atoms with Gasteiger partial charge in [-0.1, -0.05) is 26.2 Å². The third-order valence-corrected chi connectivity index (χ3v) is 5.77. The molecule has 2 heterocycles. The van der Waals surface area contributed by atoms with Gasteiger partial charge in [-0.05, 0) is 24.7 Å². The maximum atomic E-state index is 5.94. The van der Waals surface area contributed by atoms with Crippen molar-refractivity contribution in [1.82, 2.24) is 20.0 Å². The van der Waals surface area contributed by atoms with E-state index in [1.165, 1.54) is 32.1 Å². The van der Waals surface area contributed by atoms with Gasteiger partial charge in [0.25, 0.3) is 0 Å². The first kappa shape index (κ1) is 21.5. The van der Waals surface area contributed by atoms with Crippen molar-refractivity contribution in [2.24, 2.45) is 23.9 Å². The number of aryl methyl sites for hydroxylation is 1. The minimum Gasteiger partial charge on any atom is -0.370 e. The zero-order chi connectivity index (χ0) is 17.6. The molecule has 1 atom stereocenters. The molecule has 1 N–H and O–H groups in total. The molecule has 1 saturated carbocycles. The van der Waals surface area contributed by atoms with Crippen LogP contribution in [0.4, 0.5) is 0 Å². The number of nitrogens with zero attached hydrogens (tertiary/aromatic N) is 4. The van der Waals surface area contributed by atoms with Crippen molar-refractivity contribution in [3.8, 4) is 0 Å². The maximum Gasteiger partial charge on any atom is 0.193 e. The van der Waals surface area contributed by atoms with E-state index >= 15 is 0 Å². The highest BCUT2D eigenvalue weighted by Gasteiger charge is 2.26. The van der Waals surface area contributed by atoms with Gasteiger partial charge >= 0.3 is 0 Å². The SMILES string of the molecule is CCC1CCC(CNC(=NC)N2CCOC(c3cnn(C)c3)C2)CC1.I. The molecule has 0 aromatic carbocycles. The normalized spacial score (nSPS) is 27.1. The van der Waals surface area contributed by atoms with E-state index in [2.05, 4.69) is 27.2 Å². The number of hydrogen-bond acceptors (Lipinski definition) is 3. The number of nitrogens with one attached hydrogen (secondary N) is 1. The van der Waals surface area contributed by atoms with E-state index in [1.807, 2.05) is 31.2 Å². The Morgan fingerprint density at radius 2 is 2.04 bits per heavy atom. The molecule has 3 rings (SSSR count). The molecule has 0 spiro atoms. The fourth-order valence-corrected chi connectivity index (χ4v) is 4.06. The quantitative estimate of drug-likeness (QED) is 0.413. The van der Waals surface area contributed by atoms with Gasteiger partial charge in [0.15, 0.2) is 5.96 Å². The Hall–Kier alpha value is -0.830. The molecule has 6 nitrogen and oxygen atoms in total. The van der Waals surface area contributed by atoms with Crippen LogP contribution < -0.4 is 5.32 Å². The molecule has 0 amide bonds. The summed E-state index contributed by atoms with van der Waals surface area (Å²) in [6.45, 7) is 5.80. The van der Waals surface area contributed by atoms with Crippen molar-refractivity contribution in [2.75, 3.05) is 33.3 Å². The van der Waals surface area contributed by atoms with Crippen molar-refractivity contribution >= 4 is 29.9 Å². The second kappa shape index (κ2) is 10.5. The second-order valence-electron chi connectivity index (χ2n) is 7.48. The van der Waals surface area contributed by atoms with E-state index in [0.29, 0.717) is 0 Å². The van der Waals surface area contributed by atoms with E-state index in [-0.39, 0.29) is 30.1 Å². The molecule has 1 aromatic rings. The highest BCUT2D eigenvalue weighted by Crippen LogP contribution is 2.30. The Bertz CT molecular complexity index is 568. The maximum absolute atomic E-state index is 5.94. The summed E-state index contributed by atoms with van der Waals surface area (Å²) >= 11 is 0. The highest BCUT2D eigenvalue weighted by molar-refractivity contribution is 14.0. The number of aromatic nitrogens is 2. The largest absolute Gasteiger partial charge is 0.370 e. The van der Waals surface area contributed by atoms with E-state index in [1.54, 1.807) is 0 Å². The van der Waals surface area contributed by atoms with Crippen LogP contribution in [0.1, 0.15) is 50.7 Å². The molecule has 148 valence electrons. The van der Waals surface area contributed by atoms with Crippen molar-refractivity contribution in [2.45, 2.75) is 45.1 Å².